The highest BCUT2D eigenvalue weighted by molar-refractivity contribution is 7.08. The maximum Gasteiger partial charge on any atom is 0.339 e. The van der Waals surface area contributed by atoms with Crippen LogP contribution in [0.15, 0.2) is 16.8 Å². The zero-order chi connectivity index (χ0) is 8.97. The van der Waals surface area contributed by atoms with Crippen molar-refractivity contribution in [3.05, 3.63) is 22.4 Å². The SMILES string of the molecule is COC(=O)[C@H](OC)c1ccsc1. The van der Waals surface area contributed by atoms with Crippen LogP contribution in [0.1, 0.15) is 11.7 Å². The van der Waals surface area contributed by atoms with Gasteiger partial charge in [0.15, 0.2) is 6.10 Å². The Bertz CT molecular complexity index is 243. The zero-order valence-corrected chi connectivity index (χ0v) is 7.76. The Morgan fingerprint density at radius 3 is 2.75 bits per heavy atom. The molecule has 1 atom stereocenters. The topological polar surface area (TPSA) is 35.5 Å². The van der Waals surface area contributed by atoms with Crippen molar-refractivity contribution >= 4 is 17.3 Å². The molecule has 66 valence electrons. The molecule has 0 bridgehead atoms. The van der Waals surface area contributed by atoms with E-state index in [9.17, 15) is 4.79 Å². The highest BCUT2D eigenvalue weighted by Crippen LogP contribution is 2.20. The van der Waals surface area contributed by atoms with E-state index < -0.39 is 6.10 Å². The van der Waals surface area contributed by atoms with E-state index in [0.29, 0.717) is 0 Å². The average Bonchev–Trinajstić information content (AvgIpc) is 2.58. The van der Waals surface area contributed by atoms with Crippen molar-refractivity contribution in [1.29, 1.82) is 0 Å². The molecule has 0 radical (unpaired) electrons. The second-order valence-electron chi connectivity index (χ2n) is 2.20. The van der Waals surface area contributed by atoms with Crippen LogP contribution in [0.2, 0.25) is 0 Å². The summed E-state index contributed by atoms with van der Waals surface area (Å²) in [5.74, 6) is -0.365. The Kier molecular flexibility index (Phi) is 3.25. The maximum atomic E-state index is 11.1. The molecule has 4 heteroatoms. The van der Waals surface area contributed by atoms with Gasteiger partial charge in [-0.25, -0.2) is 4.79 Å². The van der Waals surface area contributed by atoms with Gasteiger partial charge in [-0.1, -0.05) is 0 Å². The molecule has 0 fully saturated rings. The molecular formula is C8H10O3S. The van der Waals surface area contributed by atoms with Crippen LogP contribution in [0.5, 0.6) is 0 Å². The van der Waals surface area contributed by atoms with Crippen LogP contribution < -0.4 is 0 Å². The van der Waals surface area contributed by atoms with Crippen LogP contribution in [-0.2, 0) is 14.3 Å². The lowest BCUT2D eigenvalue weighted by atomic mass is 10.2. The van der Waals surface area contributed by atoms with Crippen LogP contribution in [0.3, 0.4) is 0 Å². The average molecular weight is 186 g/mol. The predicted octanol–water partition coefficient (Wildman–Crippen LogP) is 1.61. The molecule has 0 saturated carbocycles. The van der Waals surface area contributed by atoms with Gasteiger partial charge in [-0.15, -0.1) is 0 Å². The van der Waals surface area contributed by atoms with Crippen molar-refractivity contribution in [2.45, 2.75) is 6.10 Å². The van der Waals surface area contributed by atoms with E-state index in [1.807, 2.05) is 16.8 Å². The molecule has 0 spiro atoms. The molecule has 12 heavy (non-hydrogen) atoms. The Hall–Kier alpha value is -0.870. The molecule has 0 N–H and O–H groups in total. The summed E-state index contributed by atoms with van der Waals surface area (Å²) in [6.07, 6.45) is -0.582. The standard InChI is InChI=1S/C8H10O3S/c1-10-7(8(9)11-2)6-3-4-12-5-6/h3-5,7H,1-2H3/t7-/m1/s1. The highest BCUT2D eigenvalue weighted by atomic mass is 32.1. The summed E-state index contributed by atoms with van der Waals surface area (Å²) < 4.78 is 9.55. The summed E-state index contributed by atoms with van der Waals surface area (Å²) in [5.41, 5.74) is 0.842. The molecule has 0 aliphatic carbocycles. The minimum absolute atomic E-state index is 0.365. The van der Waals surface area contributed by atoms with E-state index >= 15 is 0 Å². The van der Waals surface area contributed by atoms with Gasteiger partial charge in [-0.05, 0) is 16.8 Å². The fraction of sp³-hybridized carbons (Fsp3) is 0.375. The first-order chi connectivity index (χ1) is 5.79. The first-order valence-corrected chi connectivity index (χ1v) is 4.36. The van der Waals surface area contributed by atoms with Crippen LogP contribution in [0, 0.1) is 0 Å². The number of methoxy groups -OCH3 is 2. The third kappa shape index (κ3) is 1.84. The Labute approximate surface area is 74.9 Å². The summed E-state index contributed by atoms with van der Waals surface area (Å²) in [7, 11) is 2.83. The summed E-state index contributed by atoms with van der Waals surface area (Å²) >= 11 is 1.52. The lowest BCUT2D eigenvalue weighted by molar-refractivity contribution is -0.152. The molecule has 0 aliphatic heterocycles. The van der Waals surface area contributed by atoms with Crippen LogP contribution >= 0.6 is 11.3 Å². The summed E-state index contributed by atoms with van der Waals surface area (Å²) in [4.78, 5) is 11.1. The number of carbonyl (C=O) groups excluding carboxylic acids is 1. The van der Waals surface area contributed by atoms with E-state index in [0.717, 1.165) is 5.56 Å². The summed E-state index contributed by atoms with van der Waals surface area (Å²) in [6.45, 7) is 0. The molecule has 0 aliphatic rings. The summed E-state index contributed by atoms with van der Waals surface area (Å²) in [5, 5.41) is 3.76. The number of hydrogen-bond acceptors (Lipinski definition) is 4. The highest BCUT2D eigenvalue weighted by Gasteiger charge is 2.20. The number of hydrogen-bond donors (Lipinski definition) is 0. The molecule has 1 aromatic rings. The van der Waals surface area contributed by atoms with Gasteiger partial charge < -0.3 is 9.47 Å². The monoisotopic (exact) mass is 186 g/mol. The lowest BCUT2D eigenvalue weighted by Gasteiger charge is -2.10. The molecule has 3 nitrogen and oxygen atoms in total. The second-order valence-corrected chi connectivity index (χ2v) is 2.98. The maximum absolute atomic E-state index is 11.1. The molecule has 0 aromatic carbocycles. The van der Waals surface area contributed by atoms with E-state index in [-0.39, 0.29) is 5.97 Å². The van der Waals surface area contributed by atoms with Crippen molar-refractivity contribution in [1.82, 2.24) is 0 Å². The van der Waals surface area contributed by atoms with E-state index in [4.69, 9.17) is 4.74 Å². The number of esters is 1. The van der Waals surface area contributed by atoms with Crippen molar-refractivity contribution in [2.75, 3.05) is 14.2 Å². The molecule has 1 rings (SSSR count). The van der Waals surface area contributed by atoms with Gasteiger partial charge in [0.25, 0.3) is 0 Å². The second kappa shape index (κ2) is 4.23. The number of thiophene rings is 1. The van der Waals surface area contributed by atoms with Crippen molar-refractivity contribution in [3.8, 4) is 0 Å². The van der Waals surface area contributed by atoms with Gasteiger partial charge in [0, 0.05) is 12.7 Å². The van der Waals surface area contributed by atoms with Crippen LogP contribution in [0.25, 0.3) is 0 Å². The first kappa shape index (κ1) is 9.22. The fourth-order valence-electron chi connectivity index (χ4n) is 0.900. The number of ether oxygens (including phenoxy) is 2. The van der Waals surface area contributed by atoms with Crippen molar-refractivity contribution in [2.24, 2.45) is 0 Å². The van der Waals surface area contributed by atoms with Gasteiger partial charge in [0.2, 0.25) is 0 Å². The Balaban J connectivity index is 2.76. The van der Waals surface area contributed by atoms with E-state index in [1.54, 1.807) is 0 Å². The van der Waals surface area contributed by atoms with Gasteiger partial charge in [0.05, 0.1) is 7.11 Å². The molecule has 1 aromatic heterocycles. The fourth-order valence-corrected chi connectivity index (χ4v) is 1.57. The molecule has 0 saturated heterocycles. The smallest absolute Gasteiger partial charge is 0.339 e. The summed E-state index contributed by atoms with van der Waals surface area (Å²) in [6, 6.07) is 1.84. The third-order valence-corrected chi connectivity index (χ3v) is 2.20. The Morgan fingerprint density at radius 1 is 1.58 bits per heavy atom. The minimum atomic E-state index is -0.582. The molecule has 1 heterocycles. The van der Waals surface area contributed by atoms with E-state index in [2.05, 4.69) is 4.74 Å². The lowest BCUT2D eigenvalue weighted by Crippen LogP contribution is -2.15. The van der Waals surface area contributed by atoms with Crippen molar-refractivity contribution in [3.63, 3.8) is 0 Å². The number of carbonyl (C=O) groups is 1. The van der Waals surface area contributed by atoms with Gasteiger partial charge in [-0.2, -0.15) is 11.3 Å². The van der Waals surface area contributed by atoms with E-state index in [1.165, 1.54) is 25.6 Å². The van der Waals surface area contributed by atoms with Crippen LogP contribution in [-0.4, -0.2) is 20.2 Å². The largest absolute Gasteiger partial charge is 0.467 e. The van der Waals surface area contributed by atoms with Gasteiger partial charge >= 0.3 is 5.97 Å². The number of rotatable bonds is 3. The Morgan fingerprint density at radius 2 is 2.33 bits per heavy atom. The van der Waals surface area contributed by atoms with Gasteiger partial charge in [0.1, 0.15) is 0 Å². The van der Waals surface area contributed by atoms with Crippen molar-refractivity contribution < 1.29 is 14.3 Å². The zero-order valence-electron chi connectivity index (χ0n) is 6.94. The first-order valence-electron chi connectivity index (χ1n) is 3.42. The van der Waals surface area contributed by atoms with Gasteiger partial charge in [-0.3, -0.25) is 0 Å². The minimum Gasteiger partial charge on any atom is -0.467 e. The predicted molar refractivity (Wildman–Crippen MR) is 46.1 cm³/mol. The quantitative estimate of drug-likeness (QED) is 0.673. The normalized spacial score (nSPS) is 12.5. The van der Waals surface area contributed by atoms with Crippen LogP contribution in [0.4, 0.5) is 0 Å². The third-order valence-electron chi connectivity index (χ3n) is 1.50. The molecule has 0 amide bonds. The molecular weight excluding hydrogens is 176 g/mol. The molecule has 0 unspecified atom stereocenters.